The van der Waals surface area contributed by atoms with Gasteiger partial charge in [-0.1, -0.05) is 18.2 Å². The predicted molar refractivity (Wildman–Crippen MR) is 71.2 cm³/mol. The van der Waals surface area contributed by atoms with Crippen molar-refractivity contribution in [1.29, 1.82) is 0 Å². The van der Waals surface area contributed by atoms with E-state index in [4.69, 9.17) is 0 Å². The Balaban J connectivity index is 2.10. The number of aromatic nitrogens is 1. The third-order valence-corrected chi connectivity index (χ3v) is 3.20. The predicted octanol–water partition coefficient (Wildman–Crippen LogP) is 2.54. The van der Waals surface area contributed by atoms with Crippen LogP contribution < -0.4 is 4.57 Å². The number of benzene rings is 1. The maximum Gasteiger partial charge on any atom is 0.206 e. The fraction of sp³-hybridized carbons (Fsp3) is 0.250. The van der Waals surface area contributed by atoms with Crippen LogP contribution in [-0.2, 0) is 17.8 Å². The lowest BCUT2D eigenvalue weighted by Crippen LogP contribution is -2.38. The van der Waals surface area contributed by atoms with Crippen LogP contribution in [0.5, 0.6) is 0 Å². The number of nitrogens with zero attached hydrogens (tertiary/aromatic N) is 1. The molecule has 98 valence electrons. The molecule has 0 N–H and O–H groups in total. The van der Waals surface area contributed by atoms with Crippen LogP contribution in [0.15, 0.2) is 42.7 Å². The largest absolute Gasteiger partial charge is 0.292 e. The van der Waals surface area contributed by atoms with E-state index >= 15 is 0 Å². The molecule has 1 aromatic heterocycles. The van der Waals surface area contributed by atoms with Crippen molar-refractivity contribution in [2.24, 2.45) is 0 Å². The quantitative estimate of drug-likeness (QED) is 0.772. The highest BCUT2D eigenvalue weighted by Crippen LogP contribution is 2.14. The second kappa shape index (κ2) is 5.74. The van der Waals surface area contributed by atoms with Crippen LogP contribution in [0, 0.1) is 19.7 Å². The fourth-order valence-corrected chi connectivity index (χ4v) is 2.17. The highest BCUT2D eigenvalue weighted by molar-refractivity contribution is 5.80. The second-order valence-electron chi connectivity index (χ2n) is 4.78. The molecule has 2 aromatic rings. The molecule has 3 heteroatoms. The minimum absolute atomic E-state index is 0.0769. The zero-order valence-corrected chi connectivity index (χ0v) is 11.2. The Hall–Kier alpha value is -2.03. The molecule has 0 aliphatic carbocycles. The van der Waals surface area contributed by atoms with Gasteiger partial charge in [-0.2, -0.15) is 4.57 Å². The van der Waals surface area contributed by atoms with Crippen molar-refractivity contribution in [2.45, 2.75) is 26.8 Å². The number of aryl methyl sites for hydroxylation is 2. The Labute approximate surface area is 112 Å². The smallest absolute Gasteiger partial charge is 0.206 e. The SMILES string of the molecule is Cc1cccc(C)c1CC(=O)C[n+]1cccc(F)c1. The monoisotopic (exact) mass is 258 g/mol. The van der Waals surface area contributed by atoms with Crippen molar-refractivity contribution < 1.29 is 13.8 Å². The average Bonchev–Trinajstić information content (AvgIpc) is 2.34. The van der Waals surface area contributed by atoms with E-state index in [1.54, 1.807) is 16.8 Å². The van der Waals surface area contributed by atoms with Gasteiger partial charge in [-0.15, -0.1) is 0 Å². The lowest BCUT2D eigenvalue weighted by Gasteiger charge is -2.07. The first kappa shape index (κ1) is 13.4. The molecule has 0 aliphatic heterocycles. The van der Waals surface area contributed by atoms with E-state index in [1.165, 1.54) is 12.3 Å². The Kier molecular flexibility index (Phi) is 4.05. The van der Waals surface area contributed by atoms with E-state index in [0.29, 0.717) is 6.42 Å². The van der Waals surface area contributed by atoms with Crippen molar-refractivity contribution in [1.82, 2.24) is 0 Å². The molecule has 0 saturated carbocycles. The van der Waals surface area contributed by atoms with E-state index in [-0.39, 0.29) is 18.1 Å². The summed E-state index contributed by atoms with van der Waals surface area (Å²) in [5, 5.41) is 0. The van der Waals surface area contributed by atoms with Gasteiger partial charge < -0.3 is 0 Å². The molecule has 0 spiro atoms. The molecule has 0 bridgehead atoms. The van der Waals surface area contributed by atoms with Gasteiger partial charge in [0.2, 0.25) is 18.5 Å². The third-order valence-electron chi connectivity index (χ3n) is 3.20. The number of Topliss-reactive ketones (excluding diaryl/α,β-unsaturated/α-hetero) is 1. The van der Waals surface area contributed by atoms with Gasteiger partial charge in [-0.05, 0) is 36.6 Å². The average molecular weight is 258 g/mol. The van der Waals surface area contributed by atoms with Gasteiger partial charge >= 0.3 is 0 Å². The van der Waals surface area contributed by atoms with Crippen molar-refractivity contribution in [3.63, 3.8) is 0 Å². The van der Waals surface area contributed by atoms with Crippen molar-refractivity contribution in [3.8, 4) is 0 Å². The first-order chi connectivity index (χ1) is 9.06. The summed E-state index contributed by atoms with van der Waals surface area (Å²) in [5.41, 5.74) is 3.32. The molecule has 0 aliphatic rings. The molecule has 2 rings (SSSR count). The molecule has 0 unspecified atom stereocenters. The van der Waals surface area contributed by atoms with E-state index in [0.717, 1.165) is 16.7 Å². The lowest BCUT2D eigenvalue weighted by molar-refractivity contribution is -0.685. The Morgan fingerprint density at radius 2 is 1.84 bits per heavy atom. The highest BCUT2D eigenvalue weighted by atomic mass is 19.1. The van der Waals surface area contributed by atoms with Gasteiger partial charge in [0.1, 0.15) is 0 Å². The number of carbonyl (C=O) groups excluding carboxylic acids is 1. The van der Waals surface area contributed by atoms with Crippen LogP contribution in [-0.4, -0.2) is 5.78 Å². The van der Waals surface area contributed by atoms with E-state index in [2.05, 4.69) is 0 Å². The number of carbonyl (C=O) groups is 1. The summed E-state index contributed by atoms with van der Waals surface area (Å²) >= 11 is 0. The molecule has 0 radical (unpaired) electrons. The molecular weight excluding hydrogens is 241 g/mol. The van der Waals surface area contributed by atoms with Crippen LogP contribution in [0.3, 0.4) is 0 Å². The van der Waals surface area contributed by atoms with Gasteiger partial charge in [0.15, 0.2) is 12.0 Å². The molecule has 2 nitrogen and oxygen atoms in total. The van der Waals surface area contributed by atoms with Crippen LogP contribution in [0.1, 0.15) is 16.7 Å². The van der Waals surface area contributed by atoms with Gasteiger partial charge in [0, 0.05) is 12.5 Å². The number of ketones is 1. The third kappa shape index (κ3) is 3.47. The summed E-state index contributed by atoms with van der Waals surface area (Å²) in [6, 6.07) is 8.96. The van der Waals surface area contributed by atoms with E-state index in [1.807, 2.05) is 32.0 Å². The Morgan fingerprint density at radius 3 is 2.47 bits per heavy atom. The molecule has 19 heavy (non-hydrogen) atoms. The number of halogens is 1. The molecule has 0 fully saturated rings. The first-order valence-corrected chi connectivity index (χ1v) is 6.27. The highest BCUT2D eigenvalue weighted by Gasteiger charge is 2.13. The van der Waals surface area contributed by atoms with Crippen molar-refractivity contribution in [2.75, 3.05) is 0 Å². The summed E-state index contributed by atoms with van der Waals surface area (Å²) in [5.74, 6) is -0.254. The molecule has 0 amide bonds. The summed E-state index contributed by atoms with van der Waals surface area (Å²) in [6.07, 6.45) is 3.43. The lowest BCUT2D eigenvalue weighted by atomic mass is 9.98. The topological polar surface area (TPSA) is 20.9 Å². The van der Waals surface area contributed by atoms with Crippen molar-refractivity contribution >= 4 is 5.78 Å². The minimum Gasteiger partial charge on any atom is -0.292 e. The number of hydrogen-bond acceptors (Lipinski definition) is 1. The van der Waals surface area contributed by atoms with Crippen molar-refractivity contribution in [3.05, 3.63) is 65.2 Å². The fourth-order valence-electron chi connectivity index (χ4n) is 2.17. The molecule has 1 aromatic carbocycles. The van der Waals surface area contributed by atoms with Gasteiger partial charge in [-0.25, -0.2) is 4.39 Å². The van der Waals surface area contributed by atoms with E-state index in [9.17, 15) is 9.18 Å². The van der Waals surface area contributed by atoms with Gasteiger partial charge in [0.25, 0.3) is 0 Å². The maximum atomic E-state index is 13.0. The number of rotatable bonds is 4. The maximum absolute atomic E-state index is 13.0. The molecule has 1 heterocycles. The molecular formula is C16H17FNO+. The van der Waals surface area contributed by atoms with Crippen LogP contribution >= 0.6 is 0 Å². The number of pyridine rings is 1. The summed E-state index contributed by atoms with van der Waals surface area (Å²) in [6.45, 7) is 4.21. The van der Waals surface area contributed by atoms with Crippen LogP contribution in [0.25, 0.3) is 0 Å². The van der Waals surface area contributed by atoms with Gasteiger partial charge in [-0.3, -0.25) is 4.79 Å². The zero-order chi connectivity index (χ0) is 13.8. The summed E-state index contributed by atoms with van der Waals surface area (Å²) in [7, 11) is 0. The number of hydrogen-bond donors (Lipinski definition) is 0. The second-order valence-corrected chi connectivity index (χ2v) is 4.78. The zero-order valence-electron chi connectivity index (χ0n) is 11.2. The minimum atomic E-state index is -0.331. The normalized spacial score (nSPS) is 10.5. The molecule has 0 atom stereocenters. The first-order valence-electron chi connectivity index (χ1n) is 6.27. The van der Waals surface area contributed by atoms with Crippen LogP contribution in [0.4, 0.5) is 4.39 Å². The van der Waals surface area contributed by atoms with Crippen LogP contribution in [0.2, 0.25) is 0 Å². The summed E-state index contributed by atoms with van der Waals surface area (Å²) < 4.78 is 14.6. The molecule has 0 saturated heterocycles. The van der Waals surface area contributed by atoms with E-state index < -0.39 is 0 Å². The summed E-state index contributed by atoms with van der Waals surface area (Å²) in [4.78, 5) is 12.1. The Morgan fingerprint density at radius 1 is 1.16 bits per heavy atom. The Bertz CT molecular complexity index is 587. The standard InChI is InChI=1S/C16H17FNO/c1-12-5-3-6-13(2)16(12)9-15(19)11-18-8-4-7-14(17)10-18/h3-8,10H,9,11H2,1-2H3/q+1. The van der Waals surface area contributed by atoms with Gasteiger partial charge in [0.05, 0.1) is 0 Å².